The van der Waals surface area contributed by atoms with Gasteiger partial charge >= 0.3 is 0 Å². The number of piperidine rings is 1. The van der Waals surface area contributed by atoms with Crippen LogP contribution in [0.3, 0.4) is 0 Å². The van der Waals surface area contributed by atoms with E-state index in [9.17, 15) is 9.59 Å². The Bertz CT molecular complexity index is 701. The number of carbonyl (C=O) groups excluding carboxylic acids is 2. The van der Waals surface area contributed by atoms with E-state index in [1.807, 2.05) is 0 Å². The van der Waals surface area contributed by atoms with Crippen LogP contribution in [0.2, 0.25) is 0 Å². The van der Waals surface area contributed by atoms with E-state index in [4.69, 9.17) is 0 Å². The monoisotopic (exact) mass is 383 g/mol. The molecular formula is C23H33N3O2. The Morgan fingerprint density at radius 3 is 2.71 bits per heavy atom. The first-order valence-electron chi connectivity index (χ1n) is 11.0. The molecule has 5 heteroatoms. The fraction of sp³-hybridized carbons (Fsp3) is 0.652. The molecule has 1 aromatic carbocycles. The minimum Gasteiger partial charge on any atom is -0.356 e. The molecule has 1 aromatic rings. The van der Waals surface area contributed by atoms with Crippen molar-refractivity contribution in [3.05, 3.63) is 35.4 Å². The first-order chi connectivity index (χ1) is 13.7. The molecular weight excluding hydrogens is 350 g/mol. The van der Waals surface area contributed by atoms with E-state index in [-0.39, 0.29) is 17.7 Å². The zero-order chi connectivity index (χ0) is 19.3. The molecule has 2 unspecified atom stereocenters. The molecule has 5 nitrogen and oxygen atoms in total. The van der Waals surface area contributed by atoms with Crippen LogP contribution in [-0.4, -0.2) is 49.4 Å². The molecule has 2 N–H and O–H groups in total. The quantitative estimate of drug-likeness (QED) is 0.760. The lowest BCUT2D eigenvalue weighted by Crippen LogP contribution is -2.47. The van der Waals surface area contributed by atoms with Gasteiger partial charge in [-0.25, -0.2) is 0 Å². The van der Waals surface area contributed by atoms with Crippen LogP contribution in [0.1, 0.15) is 55.6 Å². The summed E-state index contributed by atoms with van der Waals surface area (Å²) in [5.41, 5.74) is 2.84. The Morgan fingerprint density at radius 2 is 1.86 bits per heavy atom. The van der Waals surface area contributed by atoms with Crippen LogP contribution in [0.4, 0.5) is 0 Å². The van der Waals surface area contributed by atoms with Crippen molar-refractivity contribution in [1.82, 2.24) is 15.5 Å². The van der Waals surface area contributed by atoms with Crippen molar-refractivity contribution in [3.63, 3.8) is 0 Å². The molecule has 2 aliphatic carbocycles. The second kappa shape index (κ2) is 9.08. The normalized spacial score (nSPS) is 25.0. The summed E-state index contributed by atoms with van der Waals surface area (Å²) in [6.45, 7) is 3.57. The SMILES string of the molecule is O=C(CN1CCCC(C(=O)NCC2CC2)C1)NCC1CCCc2ccccc21. The summed E-state index contributed by atoms with van der Waals surface area (Å²) in [7, 11) is 0. The summed E-state index contributed by atoms with van der Waals surface area (Å²) >= 11 is 0. The Hall–Kier alpha value is -1.88. The molecule has 3 aliphatic rings. The molecule has 0 bridgehead atoms. The first kappa shape index (κ1) is 19.4. The maximum Gasteiger partial charge on any atom is 0.234 e. The average Bonchev–Trinajstić information content (AvgIpc) is 3.55. The van der Waals surface area contributed by atoms with Gasteiger partial charge in [-0.05, 0) is 68.5 Å². The van der Waals surface area contributed by atoms with Crippen LogP contribution >= 0.6 is 0 Å². The van der Waals surface area contributed by atoms with Crippen LogP contribution in [0.15, 0.2) is 24.3 Å². The number of likely N-dealkylation sites (tertiary alicyclic amines) is 1. The van der Waals surface area contributed by atoms with Crippen molar-refractivity contribution in [2.75, 3.05) is 32.7 Å². The maximum absolute atomic E-state index is 12.5. The van der Waals surface area contributed by atoms with Gasteiger partial charge < -0.3 is 10.6 Å². The van der Waals surface area contributed by atoms with Gasteiger partial charge in [0.05, 0.1) is 12.5 Å². The largest absolute Gasteiger partial charge is 0.356 e. The topological polar surface area (TPSA) is 61.4 Å². The number of amides is 2. The molecule has 1 aliphatic heterocycles. The second-order valence-electron chi connectivity index (χ2n) is 8.85. The Balaban J connectivity index is 1.22. The first-order valence-corrected chi connectivity index (χ1v) is 11.0. The highest BCUT2D eigenvalue weighted by atomic mass is 16.2. The van der Waals surface area contributed by atoms with Crippen molar-refractivity contribution in [2.24, 2.45) is 11.8 Å². The number of carbonyl (C=O) groups is 2. The highest BCUT2D eigenvalue weighted by Gasteiger charge is 2.29. The summed E-state index contributed by atoms with van der Waals surface area (Å²) in [5.74, 6) is 1.43. The van der Waals surface area contributed by atoms with Crippen LogP contribution in [0.25, 0.3) is 0 Å². The van der Waals surface area contributed by atoms with E-state index in [1.165, 1.54) is 30.4 Å². The predicted molar refractivity (Wildman–Crippen MR) is 110 cm³/mol. The third kappa shape index (κ3) is 5.13. The van der Waals surface area contributed by atoms with Gasteiger partial charge in [0.15, 0.2) is 0 Å². The van der Waals surface area contributed by atoms with Gasteiger partial charge in [0, 0.05) is 25.6 Å². The van der Waals surface area contributed by atoms with Crippen molar-refractivity contribution in [2.45, 2.75) is 50.9 Å². The van der Waals surface area contributed by atoms with Gasteiger partial charge in [-0.2, -0.15) is 0 Å². The van der Waals surface area contributed by atoms with Gasteiger partial charge in [0.25, 0.3) is 0 Å². The smallest absolute Gasteiger partial charge is 0.234 e. The van der Waals surface area contributed by atoms with E-state index in [2.05, 4.69) is 39.8 Å². The van der Waals surface area contributed by atoms with Crippen molar-refractivity contribution in [1.29, 1.82) is 0 Å². The minimum atomic E-state index is 0.0329. The van der Waals surface area contributed by atoms with Gasteiger partial charge in [0.2, 0.25) is 11.8 Å². The molecule has 28 heavy (non-hydrogen) atoms. The van der Waals surface area contributed by atoms with Crippen LogP contribution in [-0.2, 0) is 16.0 Å². The lowest BCUT2D eigenvalue weighted by atomic mass is 9.83. The molecule has 4 rings (SSSR count). The highest BCUT2D eigenvalue weighted by Crippen LogP contribution is 2.31. The number of nitrogens with one attached hydrogen (secondary N) is 2. The van der Waals surface area contributed by atoms with Crippen LogP contribution < -0.4 is 10.6 Å². The number of hydrogen-bond acceptors (Lipinski definition) is 3. The fourth-order valence-corrected chi connectivity index (χ4v) is 4.69. The third-order valence-corrected chi connectivity index (χ3v) is 6.54. The van der Waals surface area contributed by atoms with E-state index in [0.717, 1.165) is 45.3 Å². The maximum atomic E-state index is 12.5. The van der Waals surface area contributed by atoms with Crippen molar-refractivity contribution in [3.8, 4) is 0 Å². The second-order valence-corrected chi connectivity index (χ2v) is 8.85. The standard InChI is InChI=1S/C23H33N3O2/c27-22(24-14-19-7-3-6-18-5-1-2-9-21(18)19)16-26-12-4-8-20(15-26)23(28)25-13-17-10-11-17/h1-2,5,9,17,19-20H,3-4,6-8,10-16H2,(H,24,27)(H,25,28). The van der Waals surface area contributed by atoms with Crippen LogP contribution in [0.5, 0.6) is 0 Å². The predicted octanol–water partition coefficient (Wildman–Crippen LogP) is 2.46. The molecule has 2 atom stereocenters. The van der Waals surface area contributed by atoms with Gasteiger partial charge in [0.1, 0.15) is 0 Å². The van der Waals surface area contributed by atoms with E-state index in [1.54, 1.807) is 0 Å². The van der Waals surface area contributed by atoms with Gasteiger partial charge in [-0.1, -0.05) is 24.3 Å². The minimum absolute atomic E-state index is 0.0329. The Morgan fingerprint density at radius 1 is 1.00 bits per heavy atom. The molecule has 0 aromatic heterocycles. The number of nitrogens with zero attached hydrogens (tertiary/aromatic N) is 1. The molecule has 2 amide bonds. The number of aryl methyl sites for hydroxylation is 1. The zero-order valence-electron chi connectivity index (χ0n) is 16.8. The van der Waals surface area contributed by atoms with Crippen molar-refractivity contribution >= 4 is 11.8 Å². The van der Waals surface area contributed by atoms with E-state index >= 15 is 0 Å². The lowest BCUT2D eigenvalue weighted by molar-refractivity contribution is -0.129. The molecule has 1 saturated carbocycles. The molecule has 1 heterocycles. The number of rotatable bonds is 7. The lowest BCUT2D eigenvalue weighted by Gasteiger charge is -2.32. The molecule has 1 saturated heterocycles. The summed E-state index contributed by atoms with van der Waals surface area (Å²) < 4.78 is 0. The van der Waals surface area contributed by atoms with Gasteiger partial charge in [-0.15, -0.1) is 0 Å². The summed E-state index contributed by atoms with van der Waals surface area (Å²) in [6.07, 6.45) is 7.92. The number of fused-ring (bicyclic) bond motifs is 1. The van der Waals surface area contributed by atoms with Gasteiger partial charge in [-0.3, -0.25) is 14.5 Å². The Labute approximate surface area is 168 Å². The summed E-state index contributed by atoms with van der Waals surface area (Å²) in [4.78, 5) is 27.0. The molecule has 2 fully saturated rings. The fourth-order valence-electron chi connectivity index (χ4n) is 4.69. The molecule has 152 valence electrons. The highest BCUT2D eigenvalue weighted by molar-refractivity contribution is 5.80. The average molecular weight is 384 g/mol. The van der Waals surface area contributed by atoms with E-state index in [0.29, 0.717) is 24.9 Å². The summed E-state index contributed by atoms with van der Waals surface area (Å²) in [5, 5.41) is 6.25. The number of hydrogen-bond donors (Lipinski definition) is 2. The van der Waals surface area contributed by atoms with Crippen LogP contribution in [0, 0.1) is 11.8 Å². The Kier molecular flexibility index (Phi) is 6.30. The number of benzene rings is 1. The molecule has 0 radical (unpaired) electrons. The summed E-state index contributed by atoms with van der Waals surface area (Å²) in [6, 6.07) is 8.63. The zero-order valence-corrected chi connectivity index (χ0v) is 16.8. The van der Waals surface area contributed by atoms with Crippen molar-refractivity contribution < 1.29 is 9.59 Å². The van der Waals surface area contributed by atoms with E-state index < -0.39 is 0 Å². The molecule has 0 spiro atoms. The third-order valence-electron chi connectivity index (χ3n) is 6.54.